The fourth-order valence-corrected chi connectivity index (χ4v) is 3.86. The summed E-state index contributed by atoms with van der Waals surface area (Å²) in [6, 6.07) is 9.11. The minimum Gasteiger partial charge on any atom is -0.465 e. The number of nitrogens with one attached hydrogen (secondary N) is 1. The molecule has 24 heavy (non-hydrogen) atoms. The molecule has 126 valence electrons. The molecule has 7 heteroatoms. The lowest BCUT2D eigenvalue weighted by Crippen LogP contribution is -2.23. The molecule has 1 amide bonds. The molecule has 0 unspecified atom stereocenters. The largest absolute Gasteiger partial charge is 0.465 e. The van der Waals surface area contributed by atoms with Crippen LogP contribution in [-0.2, 0) is 14.3 Å². The van der Waals surface area contributed by atoms with E-state index in [0.29, 0.717) is 35.2 Å². The molecule has 2 heterocycles. The average Bonchev–Trinajstić information content (AvgIpc) is 3.24. The fraction of sp³-hybridized carbons (Fsp3) is 0.294. The van der Waals surface area contributed by atoms with Gasteiger partial charge < -0.3 is 14.8 Å². The molecule has 0 spiro atoms. The van der Waals surface area contributed by atoms with Gasteiger partial charge in [0.1, 0.15) is 4.88 Å². The molecule has 5 nitrogen and oxygen atoms in total. The number of benzene rings is 1. The lowest BCUT2D eigenvalue weighted by molar-refractivity contribution is -0.119. The van der Waals surface area contributed by atoms with Gasteiger partial charge in [-0.2, -0.15) is 0 Å². The van der Waals surface area contributed by atoms with Crippen molar-refractivity contribution in [3.63, 3.8) is 0 Å². The molecule has 0 radical (unpaired) electrons. The molecule has 1 saturated heterocycles. The van der Waals surface area contributed by atoms with Crippen LogP contribution in [0.5, 0.6) is 0 Å². The molecule has 0 bridgehead atoms. The Labute approximate surface area is 148 Å². The zero-order valence-corrected chi connectivity index (χ0v) is 14.6. The third-order valence-corrected chi connectivity index (χ3v) is 5.28. The topological polar surface area (TPSA) is 64.6 Å². The van der Waals surface area contributed by atoms with E-state index < -0.39 is 5.97 Å². The highest BCUT2D eigenvalue weighted by Gasteiger charge is 2.26. The van der Waals surface area contributed by atoms with Gasteiger partial charge in [-0.1, -0.05) is 29.8 Å². The van der Waals surface area contributed by atoms with Gasteiger partial charge in [0.05, 0.1) is 25.3 Å². The predicted molar refractivity (Wildman–Crippen MR) is 93.7 cm³/mol. The Kier molecular flexibility index (Phi) is 5.18. The second-order valence-corrected chi connectivity index (χ2v) is 6.83. The fourth-order valence-electron chi connectivity index (χ4n) is 2.50. The summed E-state index contributed by atoms with van der Waals surface area (Å²) in [6.07, 6.45) is 0.681. The number of ether oxygens (including phenoxy) is 2. The number of hydrogen-bond acceptors (Lipinski definition) is 5. The van der Waals surface area contributed by atoms with Gasteiger partial charge in [0, 0.05) is 22.1 Å². The lowest BCUT2D eigenvalue weighted by Gasteiger charge is -2.09. The van der Waals surface area contributed by atoms with Crippen LogP contribution in [0.15, 0.2) is 30.3 Å². The normalized spacial score (nSPS) is 16.8. The SMILES string of the molecule is COC(=O)c1sc(-c2ccccc2Cl)cc1NC(=O)[C@H]1CCOC1. The van der Waals surface area contributed by atoms with Crippen molar-refractivity contribution in [3.8, 4) is 10.4 Å². The maximum atomic E-state index is 12.3. The van der Waals surface area contributed by atoms with Gasteiger partial charge in [-0.3, -0.25) is 4.79 Å². The Morgan fingerprint density at radius 3 is 2.83 bits per heavy atom. The Balaban J connectivity index is 1.93. The Morgan fingerprint density at radius 1 is 1.38 bits per heavy atom. The molecule has 1 aromatic carbocycles. The summed E-state index contributed by atoms with van der Waals surface area (Å²) >= 11 is 7.47. The smallest absolute Gasteiger partial charge is 0.350 e. The van der Waals surface area contributed by atoms with Crippen LogP contribution in [0, 0.1) is 5.92 Å². The van der Waals surface area contributed by atoms with E-state index in [1.54, 1.807) is 12.1 Å². The summed E-state index contributed by atoms with van der Waals surface area (Å²) in [5, 5.41) is 3.41. The van der Waals surface area contributed by atoms with Crippen molar-refractivity contribution in [2.45, 2.75) is 6.42 Å². The van der Waals surface area contributed by atoms with Crippen LogP contribution in [0.2, 0.25) is 5.02 Å². The highest BCUT2D eigenvalue weighted by atomic mass is 35.5. The van der Waals surface area contributed by atoms with Gasteiger partial charge in [-0.15, -0.1) is 11.3 Å². The van der Waals surface area contributed by atoms with E-state index in [4.69, 9.17) is 21.1 Å². The summed E-state index contributed by atoms with van der Waals surface area (Å²) in [6.45, 7) is 0.983. The molecular weight excluding hydrogens is 350 g/mol. The van der Waals surface area contributed by atoms with E-state index in [9.17, 15) is 9.59 Å². The number of esters is 1. The van der Waals surface area contributed by atoms with E-state index in [1.807, 2.05) is 18.2 Å². The van der Waals surface area contributed by atoms with Gasteiger partial charge >= 0.3 is 5.97 Å². The maximum Gasteiger partial charge on any atom is 0.350 e. The van der Waals surface area contributed by atoms with Crippen molar-refractivity contribution in [1.29, 1.82) is 0 Å². The molecule has 0 aliphatic carbocycles. The molecule has 1 aliphatic heterocycles. The number of amides is 1. The average molecular weight is 366 g/mol. The predicted octanol–water partition coefficient (Wildman–Crippen LogP) is 3.83. The van der Waals surface area contributed by atoms with Gasteiger partial charge in [0.15, 0.2) is 0 Å². The minimum absolute atomic E-state index is 0.152. The number of thiophene rings is 1. The number of anilines is 1. The summed E-state index contributed by atoms with van der Waals surface area (Å²) in [7, 11) is 1.31. The Bertz CT molecular complexity index is 768. The molecule has 3 rings (SSSR count). The molecule has 1 aliphatic rings. The van der Waals surface area contributed by atoms with Crippen molar-refractivity contribution in [1.82, 2.24) is 0 Å². The van der Waals surface area contributed by atoms with Crippen LogP contribution in [0.4, 0.5) is 5.69 Å². The van der Waals surface area contributed by atoms with Crippen molar-refractivity contribution >= 4 is 40.5 Å². The number of halogens is 1. The van der Waals surface area contributed by atoms with Gasteiger partial charge in [-0.25, -0.2) is 4.79 Å². The summed E-state index contributed by atoms with van der Waals surface area (Å²) in [4.78, 5) is 25.5. The number of hydrogen-bond donors (Lipinski definition) is 1. The molecular formula is C17H16ClNO4S. The van der Waals surface area contributed by atoms with Crippen molar-refractivity contribution in [2.75, 3.05) is 25.6 Å². The summed E-state index contributed by atoms with van der Waals surface area (Å²) in [5.41, 5.74) is 1.25. The summed E-state index contributed by atoms with van der Waals surface area (Å²) in [5.74, 6) is -0.836. The van der Waals surface area contributed by atoms with Gasteiger partial charge in [0.2, 0.25) is 5.91 Å². The number of carbonyl (C=O) groups excluding carboxylic acids is 2. The lowest BCUT2D eigenvalue weighted by atomic mass is 10.1. The number of carbonyl (C=O) groups is 2. The number of methoxy groups -OCH3 is 1. The molecule has 1 atom stereocenters. The van der Waals surface area contributed by atoms with E-state index in [2.05, 4.69) is 5.32 Å². The van der Waals surface area contributed by atoms with Crippen LogP contribution in [0.3, 0.4) is 0 Å². The zero-order chi connectivity index (χ0) is 17.1. The van der Waals surface area contributed by atoms with Crippen LogP contribution in [0.1, 0.15) is 16.1 Å². The highest BCUT2D eigenvalue weighted by Crippen LogP contribution is 2.38. The standard InChI is InChI=1S/C17H16ClNO4S/c1-22-17(21)15-13(19-16(20)10-6-7-23-9-10)8-14(24-15)11-4-2-3-5-12(11)18/h2-5,8,10H,6-7,9H2,1H3,(H,19,20)/t10-/m0/s1. The van der Waals surface area contributed by atoms with Crippen molar-refractivity contribution in [3.05, 3.63) is 40.2 Å². The first kappa shape index (κ1) is 17.0. The Morgan fingerprint density at radius 2 is 2.17 bits per heavy atom. The monoisotopic (exact) mass is 365 g/mol. The van der Waals surface area contributed by atoms with Crippen LogP contribution >= 0.6 is 22.9 Å². The second kappa shape index (κ2) is 7.34. The third-order valence-electron chi connectivity index (χ3n) is 3.80. The molecule has 1 fully saturated rings. The van der Waals surface area contributed by atoms with Gasteiger partial charge in [0.25, 0.3) is 0 Å². The zero-order valence-electron chi connectivity index (χ0n) is 13.0. The molecule has 1 aromatic heterocycles. The maximum absolute atomic E-state index is 12.3. The van der Waals surface area contributed by atoms with Crippen molar-refractivity contribution in [2.24, 2.45) is 5.92 Å². The quantitative estimate of drug-likeness (QED) is 0.836. The Hall–Kier alpha value is -1.89. The van der Waals surface area contributed by atoms with Gasteiger partial charge in [-0.05, 0) is 18.6 Å². The molecule has 1 N–H and O–H groups in total. The highest BCUT2D eigenvalue weighted by molar-refractivity contribution is 7.18. The number of rotatable bonds is 4. The van der Waals surface area contributed by atoms with Crippen LogP contribution in [-0.4, -0.2) is 32.2 Å². The van der Waals surface area contributed by atoms with E-state index in [-0.39, 0.29) is 11.8 Å². The minimum atomic E-state index is -0.490. The summed E-state index contributed by atoms with van der Waals surface area (Å²) < 4.78 is 10.1. The van der Waals surface area contributed by atoms with Crippen LogP contribution in [0.25, 0.3) is 10.4 Å². The first-order chi connectivity index (χ1) is 11.6. The third kappa shape index (κ3) is 3.45. The van der Waals surface area contributed by atoms with Crippen LogP contribution < -0.4 is 5.32 Å². The van der Waals surface area contributed by atoms with E-state index in [0.717, 1.165) is 10.4 Å². The first-order valence-electron chi connectivity index (χ1n) is 7.46. The second-order valence-electron chi connectivity index (χ2n) is 5.37. The van der Waals surface area contributed by atoms with E-state index >= 15 is 0 Å². The van der Waals surface area contributed by atoms with Crippen molar-refractivity contribution < 1.29 is 19.1 Å². The first-order valence-corrected chi connectivity index (χ1v) is 8.65. The van der Waals surface area contributed by atoms with E-state index in [1.165, 1.54) is 18.4 Å². The molecule has 2 aromatic rings. The molecule has 0 saturated carbocycles.